The summed E-state index contributed by atoms with van der Waals surface area (Å²) in [6.45, 7) is 3.27. The number of nitriles is 1. The number of rotatable bonds is 5. The molecule has 3 aromatic carbocycles. The second kappa shape index (κ2) is 9.38. The summed E-state index contributed by atoms with van der Waals surface area (Å²) in [7, 11) is 0. The quantitative estimate of drug-likeness (QED) is 0.400. The fourth-order valence-electron chi connectivity index (χ4n) is 6.70. The standard InChI is InChI=1S/C31H29BrFN3O/c32-31-19-30(20-34,28(24-5-1-3-7-26(24)31)25-6-2-4-8-27(25)31)29(37)35-17-21-13-15-36(16-14-21)18-22-9-11-23(33)12-10-22/h1-12,21,28H,13-19H2,(H,35,37). The van der Waals surface area contributed by atoms with Crippen LogP contribution in [0.2, 0.25) is 0 Å². The number of benzene rings is 3. The van der Waals surface area contributed by atoms with E-state index >= 15 is 0 Å². The Morgan fingerprint density at radius 2 is 1.59 bits per heavy atom. The number of hydrogen-bond acceptors (Lipinski definition) is 3. The molecule has 1 atom stereocenters. The van der Waals surface area contributed by atoms with Crippen LogP contribution in [0.15, 0.2) is 72.8 Å². The second-order valence-electron chi connectivity index (χ2n) is 10.7. The Morgan fingerprint density at radius 3 is 2.19 bits per heavy atom. The first-order valence-corrected chi connectivity index (χ1v) is 13.8. The third-order valence-corrected chi connectivity index (χ3v) is 9.73. The molecule has 6 heteroatoms. The Kier molecular flexibility index (Phi) is 6.17. The van der Waals surface area contributed by atoms with E-state index in [4.69, 9.17) is 0 Å². The summed E-state index contributed by atoms with van der Waals surface area (Å²) in [4.78, 5) is 16.3. The topological polar surface area (TPSA) is 56.1 Å². The van der Waals surface area contributed by atoms with Gasteiger partial charge < -0.3 is 5.32 Å². The van der Waals surface area contributed by atoms with Crippen LogP contribution in [0.25, 0.3) is 0 Å². The Bertz CT molecular complexity index is 1330. The van der Waals surface area contributed by atoms with Gasteiger partial charge in [-0.25, -0.2) is 4.39 Å². The summed E-state index contributed by atoms with van der Waals surface area (Å²) in [5, 5.41) is 13.8. The van der Waals surface area contributed by atoms with E-state index in [2.05, 4.69) is 56.5 Å². The largest absolute Gasteiger partial charge is 0.354 e. The normalized spacial score (nSPS) is 26.7. The van der Waals surface area contributed by atoms with Crippen molar-refractivity contribution >= 4 is 21.8 Å². The summed E-state index contributed by atoms with van der Waals surface area (Å²) < 4.78 is 12.6. The SMILES string of the molecule is N#CC1(C(=O)NCC2CCN(Cc3ccc(F)cc3)CC2)CC2(Br)c3ccccc3C1c1ccccc12. The van der Waals surface area contributed by atoms with Gasteiger partial charge >= 0.3 is 0 Å². The van der Waals surface area contributed by atoms with Crippen molar-refractivity contribution in [3.63, 3.8) is 0 Å². The minimum atomic E-state index is -1.17. The van der Waals surface area contributed by atoms with E-state index in [-0.39, 0.29) is 17.6 Å². The van der Waals surface area contributed by atoms with E-state index in [1.54, 1.807) is 0 Å². The average molecular weight is 558 g/mol. The lowest BCUT2D eigenvalue weighted by Gasteiger charge is -2.53. The van der Waals surface area contributed by atoms with Crippen LogP contribution in [0.1, 0.15) is 53.0 Å². The van der Waals surface area contributed by atoms with Gasteiger partial charge in [0.2, 0.25) is 5.91 Å². The third-order valence-electron chi connectivity index (χ3n) is 8.60. The van der Waals surface area contributed by atoms with Crippen molar-refractivity contribution < 1.29 is 9.18 Å². The van der Waals surface area contributed by atoms with Crippen LogP contribution in [-0.2, 0) is 15.7 Å². The molecule has 0 spiro atoms. The van der Waals surface area contributed by atoms with Crippen LogP contribution >= 0.6 is 15.9 Å². The lowest BCUT2D eigenvalue weighted by Crippen LogP contribution is -2.55. The molecule has 1 fully saturated rings. The van der Waals surface area contributed by atoms with Crippen molar-refractivity contribution in [2.24, 2.45) is 11.3 Å². The summed E-state index contributed by atoms with van der Waals surface area (Å²) in [5.74, 6) is -0.289. The molecule has 7 rings (SSSR count). The van der Waals surface area contributed by atoms with Crippen molar-refractivity contribution in [1.29, 1.82) is 5.26 Å². The molecule has 0 aromatic heterocycles. The van der Waals surface area contributed by atoms with Gasteiger partial charge in [0.25, 0.3) is 0 Å². The summed E-state index contributed by atoms with van der Waals surface area (Å²) in [5.41, 5.74) is 4.39. The highest BCUT2D eigenvalue weighted by molar-refractivity contribution is 9.09. The molecule has 1 aliphatic heterocycles. The number of halogens is 2. The number of likely N-dealkylation sites (tertiary alicyclic amines) is 1. The molecule has 3 aliphatic carbocycles. The number of piperidine rings is 1. The molecular formula is C31H29BrFN3O. The maximum absolute atomic E-state index is 13.9. The van der Waals surface area contributed by atoms with E-state index in [0.717, 1.165) is 60.3 Å². The van der Waals surface area contributed by atoms with E-state index < -0.39 is 9.74 Å². The van der Waals surface area contributed by atoms with Crippen molar-refractivity contribution in [3.8, 4) is 6.07 Å². The van der Waals surface area contributed by atoms with Crippen LogP contribution in [0.5, 0.6) is 0 Å². The molecule has 1 N–H and O–H groups in total. The number of nitrogens with zero attached hydrogens (tertiary/aromatic N) is 2. The second-order valence-corrected chi connectivity index (χ2v) is 12.1. The number of carbonyl (C=O) groups is 1. The number of amides is 1. The van der Waals surface area contributed by atoms with Crippen molar-refractivity contribution in [1.82, 2.24) is 10.2 Å². The number of hydrogen-bond donors (Lipinski definition) is 1. The zero-order chi connectivity index (χ0) is 25.6. The molecule has 0 radical (unpaired) electrons. The van der Waals surface area contributed by atoms with Gasteiger partial charge in [0.05, 0.1) is 10.4 Å². The highest BCUT2D eigenvalue weighted by Crippen LogP contribution is 2.65. The van der Waals surface area contributed by atoms with Crippen molar-refractivity contribution in [2.45, 2.75) is 36.0 Å². The number of alkyl halides is 1. The molecule has 1 amide bonds. The zero-order valence-corrected chi connectivity index (χ0v) is 22.2. The molecule has 4 aliphatic rings. The predicted molar refractivity (Wildman–Crippen MR) is 145 cm³/mol. The molecule has 188 valence electrons. The molecule has 3 aromatic rings. The molecule has 1 saturated heterocycles. The molecule has 0 saturated carbocycles. The smallest absolute Gasteiger partial charge is 0.241 e. The summed E-state index contributed by atoms with van der Waals surface area (Å²) in [6, 6.07) is 25.6. The fraction of sp³-hybridized carbons (Fsp3) is 0.355. The van der Waals surface area contributed by atoms with Crippen LogP contribution in [0, 0.1) is 28.5 Å². The lowest BCUT2D eigenvalue weighted by atomic mass is 9.52. The third kappa shape index (κ3) is 4.00. The number of fused-ring (bicyclic) bond motifs is 1. The number of carbonyl (C=O) groups excluding carboxylic acids is 1. The van der Waals surface area contributed by atoms with Crippen LogP contribution < -0.4 is 5.32 Å². The van der Waals surface area contributed by atoms with E-state index in [9.17, 15) is 14.4 Å². The maximum atomic E-state index is 13.9. The predicted octanol–water partition coefficient (Wildman–Crippen LogP) is 5.85. The van der Waals surface area contributed by atoms with Gasteiger partial charge in [-0.05, 0) is 78.2 Å². The minimum Gasteiger partial charge on any atom is -0.354 e. The van der Waals surface area contributed by atoms with Crippen LogP contribution in [0.3, 0.4) is 0 Å². The van der Waals surface area contributed by atoms with E-state index in [0.29, 0.717) is 18.9 Å². The molecule has 1 unspecified atom stereocenters. The van der Waals surface area contributed by atoms with Gasteiger partial charge in [0.1, 0.15) is 11.2 Å². The average Bonchev–Trinajstić information content (AvgIpc) is 2.93. The highest BCUT2D eigenvalue weighted by Gasteiger charge is 2.62. The Balaban J connectivity index is 1.17. The molecular weight excluding hydrogens is 529 g/mol. The van der Waals surface area contributed by atoms with Gasteiger partial charge in [0.15, 0.2) is 0 Å². The monoisotopic (exact) mass is 557 g/mol. The van der Waals surface area contributed by atoms with Crippen molar-refractivity contribution in [3.05, 3.63) is 106 Å². The zero-order valence-electron chi connectivity index (χ0n) is 20.6. The van der Waals surface area contributed by atoms with Gasteiger partial charge in [-0.1, -0.05) is 76.6 Å². The van der Waals surface area contributed by atoms with E-state index in [1.165, 1.54) is 12.1 Å². The first-order valence-electron chi connectivity index (χ1n) is 13.0. The molecule has 2 bridgehead atoms. The van der Waals surface area contributed by atoms with Gasteiger partial charge in [-0.2, -0.15) is 5.26 Å². The number of nitrogens with one attached hydrogen (secondary N) is 1. The minimum absolute atomic E-state index is 0.165. The molecule has 4 nitrogen and oxygen atoms in total. The fourth-order valence-corrected chi connectivity index (χ4v) is 7.86. The lowest BCUT2D eigenvalue weighted by molar-refractivity contribution is -0.130. The summed E-state index contributed by atoms with van der Waals surface area (Å²) >= 11 is 4.02. The molecule has 1 heterocycles. The van der Waals surface area contributed by atoms with Gasteiger partial charge in [0, 0.05) is 19.0 Å². The van der Waals surface area contributed by atoms with Crippen molar-refractivity contribution in [2.75, 3.05) is 19.6 Å². The Morgan fingerprint density at radius 1 is 1.00 bits per heavy atom. The first kappa shape index (κ1) is 24.3. The Hall–Kier alpha value is -3.01. The summed E-state index contributed by atoms with van der Waals surface area (Å²) in [6.07, 6.45) is 2.38. The molecule has 37 heavy (non-hydrogen) atoms. The van der Waals surface area contributed by atoms with Crippen LogP contribution in [0.4, 0.5) is 4.39 Å². The Labute approximate surface area is 225 Å². The first-order chi connectivity index (χ1) is 17.9. The highest BCUT2D eigenvalue weighted by atomic mass is 79.9. The van der Waals surface area contributed by atoms with Gasteiger partial charge in [-0.15, -0.1) is 0 Å². The maximum Gasteiger partial charge on any atom is 0.241 e. The van der Waals surface area contributed by atoms with Gasteiger partial charge in [-0.3, -0.25) is 9.69 Å². The van der Waals surface area contributed by atoms with Crippen LogP contribution in [-0.4, -0.2) is 30.4 Å². The van der Waals surface area contributed by atoms with E-state index in [1.807, 2.05) is 36.4 Å².